The van der Waals surface area contributed by atoms with E-state index in [1.165, 1.54) is 18.2 Å². The Hall–Kier alpha value is -1.58. The second-order valence-corrected chi connectivity index (χ2v) is 2.80. The third-order valence-corrected chi connectivity index (χ3v) is 1.89. The van der Waals surface area contributed by atoms with Gasteiger partial charge in [-0.2, -0.15) is 13.2 Å². The maximum absolute atomic E-state index is 12.5. The van der Waals surface area contributed by atoms with Crippen LogP contribution in [-0.4, -0.2) is 4.98 Å². The van der Waals surface area contributed by atoms with Gasteiger partial charge in [-0.3, -0.25) is 4.98 Å². The van der Waals surface area contributed by atoms with Gasteiger partial charge in [0, 0.05) is 11.6 Å². The number of alkyl halides is 3. The van der Waals surface area contributed by atoms with Crippen molar-refractivity contribution in [3.63, 3.8) is 0 Å². The molecule has 1 aromatic carbocycles. The summed E-state index contributed by atoms with van der Waals surface area (Å²) in [5.74, 6) is 0. The summed E-state index contributed by atoms with van der Waals surface area (Å²) in [6.45, 7) is 0. The minimum Gasteiger partial charge on any atom is -0.256 e. The molecule has 14 heavy (non-hydrogen) atoms. The molecule has 2 rings (SSSR count). The van der Waals surface area contributed by atoms with Crippen LogP contribution in [0.5, 0.6) is 0 Å². The summed E-state index contributed by atoms with van der Waals surface area (Å²) in [7, 11) is 0. The van der Waals surface area contributed by atoms with Crippen LogP contribution >= 0.6 is 0 Å². The highest BCUT2D eigenvalue weighted by molar-refractivity contribution is 5.82. The van der Waals surface area contributed by atoms with Gasteiger partial charge in [0.1, 0.15) is 0 Å². The van der Waals surface area contributed by atoms with E-state index >= 15 is 0 Å². The number of benzene rings is 1. The number of halogens is 3. The minimum atomic E-state index is -4.33. The molecule has 0 spiro atoms. The largest absolute Gasteiger partial charge is 0.417 e. The third-order valence-electron chi connectivity index (χ3n) is 1.89. The fourth-order valence-electron chi connectivity index (χ4n) is 1.29. The second kappa shape index (κ2) is 2.97. The van der Waals surface area contributed by atoms with Gasteiger partial charge in [0.25, 0.3) is 0 Å². The molecule has 0 bridgehead atoms. The van der Waals surface area contributed by atoms with E-state index in [1.807, 2.05) is 0 Å². The van der Waals surface area contributed by atoms with Gasteiger partial charge in [-0.25, -0.2) is 0 Å². The van der Waals surface area contributed by atoms with Crippen LogP contribution in [0.15, 0.2) is 30.5 Å². The molecule has 1 nitrogen and oxygen atoms in total. The average molecular weight is 196 g/mol. The highest BCUT2D eigenvalue weighted by Gasteiger charge is 2.32. The Kier molecular flexibility index (Phi) is 1.91. The summed E-state index contributed by atoms with van der Waals surface area (Å²) in [5.41, 5.74) is -0.348. The first-order valence-corrected chi connectivity index (χ1v) is 3.91. The van der Waals surface area contributed by atoms with E-state index < -0.39 is 11.7 Å². The lowest BCUT2D eigenvalue weighted by Crippen LogP contribution is -2.05. The molecule has 2 aromatic rings. The van der Waals surface area contributed by atoms with Crippen molar-refractivity contribution in [3.8, 4) is 0 Å². The van der Waals surface area contributed by atoms with Crippen molar-refractivity contribution in [2.75, 3.05) is 0 Å². The number of hydrogen-bond acceptors (Lipinski definition) is 1. The van der Waals surface area contributed by atoms with Gasteiger partial charge >= 0.3 is 6.18 Å². The van der Waals surface area contributed by atoms with Crippen LogP contribution in [0.3, 0.4) is 0 Å². The maximum atomic E-state index is 12.5. The highest BCUT2D eigenvalue weighted by Crippen LogP contribution is 2.33. The quantitative estimate of drug-likeness (QED) is 0.631. The summed E-state index contributed by atoms with van der Waals surface area (Å²) in [6.07, 6.45) is -3.18. The van der Waals surface area contributed by atoms with E-state index in [-0.39, 0.29) is 5.39 Å². The predicted octanol–water partition coefficient (Wildman–Crippen LogP) is 3.05. The lowest BCUT2D eigenvalue weighted by Gasteiger charge is -2.08. The molecule has 0 saturated carbocycles. The first kappa shape index (κ1) is 8.99. The Bertz CT molecular complexity index is 457. The van der Waals surface area contributed by atoms with Crippen molar-refractivity contribution in [3.05, 3.63) is 42.1 Å². The molecule has 1 radical (unpaired) electrons. The Morgan fingerprint density at radius 3 is 2.71 bits per heavy atom. The highest BCUT2D eigenvalue weighted by atomic mass is 19.4. The van der Waals surface area contributed by atoms with Crippen molar-refractivity contribution < 1.29 is 13.2 Å². The lowest BCUT2D eigenvalue weighted by molar-refractivity contribution is -0.136. The Morgan fingerprint density at radius 1 is 1.21 bits per heavy atom. The van der Waals surface area contributed by atoms with E-state index in [2.05, 4.69) is 11.1 Å². The summed E-state index contributed by atoms with van der Waals surface area (Å²) in [4.78, 5) is 3.82. The van der Waals surface area contributed by atoms with E-state index in [9.17, 15) is 13.2 Å². The number of rotatable bonds is 0. The van der Waals surface area contributed by atoms with Gasteiger partial charge in [-0.05, 0) is 18.2 Å². The molecule has 0 aliphatic heterocycles. The van der Waals surface area contributed by atoms with Gasteiger partial charge < -0.3 is 0 Å². The number of nitrogens with zero attached hydrogens (tertiary/aromatic N) is 1. The summed E-state index contributed by atoms with van der Waals surface area (Å²) in [5, 5.41) is 0.110. The molecule has 1 heterocycles. The van der Waals surface area contributed by atoms with Crippen molar-refractivity contribution >= 4 is 10.9 Å². The zero-order valence-electron chi connectivity index (χ0n) is 6.97. The molecule has 0 amide bonds. The van der Waals surface area contributed by atoms with Gasteiger partial charge in [-0.15, -0.1) is 0 Å². The third kappa shape index (κ3) is 1.43. The molecule has 0 fully saturated rings. The molecule has 0 aliphatic rings. The number of hydrogen-bond donors (Lipinski definition) is 0. The van der Waals surface area contributed by atoms with E-state index in [0.29, 0.717) is 5.52 Å². The van der Waals surface area contributed by atoms with Crippen LogP contribution in [-0.2, 0) is 6.18 Å². The molecule has 0 saturated heterocycles. The van der Waals surface area contributed by atoms with Crippen molar-refractivity contribution in [2.24, 2.45) is 0 Å². The number of pyridine rings is 1. The number of aromatic nitrogens is 1. The van der Waals surface area contributed by atoms with Crippen molar-refractivity contribution in [1.82, 2.24) is 4.98 Å². The van der Waals surface area contributed by atoms with Crippen LogP contribution in [0.4, 0.5) is 13.2 Å². The van der Waals surface area contributed by atoms with Crippen LogP contribution in [0.1, 0.15) is 5.56 Å². The molecular formula is C10H5F3N. The Balaban J connectivity index is 2.78. The van der Waals surface area contributed by atoms with Gasteiger partial charge in [0.15, 0.2) is 0 Å². The maximum Gasteiger partial charge on any atom is 0.417 e. The standard InChI is InChI=1S/C10H5F3N/c11-10(12,13)8-5-6-14-9-4-2-1-3-7(8)9/h1,3-6H. The molecule has 4 heteroatoms. The van der Waals surface area contributed by atoms with Crippen LogP contribution in [0.25, 0.3) is 10.9 Å². The van der Waals surface area contributed by atoms with Crippen LogP contribution in [0.2, 0.25) is 0 Å². The molecule has 0 aliphatic carbocycles. The molecule has 71 valence electrons. The molecule has 1 aromatic heterocycles. The molecular weight excluding hydrogens is 191 g/mol. The fourth-order valence-corrected chi connectivity index (χ4v) is 1.29. The SMILES string of the molecule is FC(F)(F)c1ccnc2c[c]ccc12. The summed E-state index contributed by atoms with van der Waals surface area (Å²) < 4.78 is 37.4. The van der Waals surface area contributed by atoms with E-state index in [1.54, 1.807) is 0 Å². The fraction of sp³-hybridized carbons (Fsp3) is 0.100. The zero-order valence-corrected chi connectivity index (χ0v) is 6.97. The Morgan fingerprint density at radius 2 is 2.00 bits per heavy atom. The summed E-state index contributed by atoms with van der Waals surface area (Å²) >= 11 is 0. The Labute approximate surface area is 78.2 Å². The van der Waals surface area contributed by atoms with Gasteiger partial charge in [0.05, 0.1) is 11.1 Å². The summed E-state index contributed by atoms with van der Waals surface area (Å²) in [6, 6.07) is 7.90. The minimum absolute atomic E-state index is 0.110. The monoisotopic (exact) mass is 196 g/mol. The first-order valence-electron chi connectivity index (χ1n) is 3.91. The topological polar surface area (TPSA) is 12.9 Å². The molecule has 0 N–H and O–H groups in total. The van der Waals surface area contributed by atoms with Crippen molar-refractivity contribution in [2.45, 2.75) is 6.18 Å². The van der Waals surface area contributed by atoms with Crippen LogP contribution in [0, 0.1) is 6.07 Å². The molecule has 0 unspecified atom stereocenters. The first-order chi connectivity index (χ1) is 6.59. The average Bonchev–Trinajstić information content (AvgIpc) is 2.15. The normalized spacial score (nSPS) is 11.9. The predicted molar refractivity (Wildman–Crippen MR) is 45.6 cm³/mol. The van der Waals surface area contributed by atoms with Crippen LogP contribution < -0.4 is 0 Å². The number of fused-ring (bicyclic) bond motifs is 1. The lowest BCUT2D eigenvalue weighted by atomic mass is 10.1. The van der Waals surface area contributed by atoms with Gasteiger partial charge in [-0.1, -0.05) is 12.1 Å². The second-order valence-electron chi connectivity index (χ2n) is 2.80. The van der Waals surface area contributed by atoms with Crippen molar-refractivity contribution in [1.29, 1.82) is 0 Å². The molecule has 0 atom stereocenters. The smallest absolute Gasteiger partial charge is 0.256 e. The van der Waals surface area contributed by atoms with Gasteiger partial charge in [0.2, 0.25) is 0 Å². The van der Waals surface area contributed by atoms with E-state index in [4.69, 9.17) is 0 Å². The van der Waals surface area contributed by atoms with E-state index in [0.717, 1.165) is 12.3 Å². The zero-order chi connectivity index (χ0) is 10.2.